The Morgan fingerprint density at radius 1 is 1.12 bits per heavy atom. The molecule has 1 N–H and O–H groups in total. The Kier molecular flexibility index (Phi) is 6.15. The molecule has 32 heavy (non-hydrogen) atoms. The molecule has 0 fully saturated rings. The van der Waals surface area contributed by atoms with Crippen LogP contribution in [0.2, 0.25) is 0 Å². The van der Waals surface area contributed by atoms with Gasteiger partial charge < -0.3 is 19.4 Å². The number of thioether (sulfide) groups is 1. The number of carbonyl (C=O) groups excluding carboxylic acids is 1. The molecule has 0 spiro atoms. The molecule has 168 valence electrons. The van der Waals surface area contributed by atoms with Crippen LogP contribution in [0.15, 0.2) is 47.6 Å². The van der Waals surface area contributed by atoms with Crippen molar-refractivity contribution in [2.24, 2.45) is 7.05 Å². The van der Waals surface area contributed by atoms with Gasteiger partial charge in [0.15, 0.2) is 22.5 Å². The number of hydrogen-bond donors (Lipinski definition) is 1. The predicted octanol–water partition coefficient (Wildman–Crippen LogP) is 4.31. The van der Waals surface area contributed by atoms with E-state index in [9.17, 15) is 4.79 Å². The summed E-state index contributed by atoms with van der Waals surface area (Å²) in [6, 6.07) is 14.1. The summed E-state index contributed by atoms with van der Waals surface area (Å²) in [7, 11) is 1.92. The second-order valence-corrected chi connectivity index (χ2v) is 10.2. The van der Waals surface area contributed by atoms with Gasteiger partial charge in [0.25, 0.3) is 0 Å². The Morgan fingerprint density at radius 3 is 2.56 bits per heavy atom. The number of nitrogens with one attached hydrogen (secondary N) is 1. The molecule has 4 rings (SSSR count). The van der Waals surface area contributed by atoms with Crippen molar-refractivity contribution in [2.75, 3.05) is 6.79 Å². The van der Waals surface area contributed by atoms with E-state index >= 15 is 0 Å². The highest BCUT2D eigenvalue weighted by atomic mass is 32.2. The molecule has 7 nitrogen and oxygen atoms in total. The summed E-state index contributed by atoms with van der Waals surface area (Å²) < 4.78 is 12.6. The zero-order valence-electron chi connectivity index (χ0n) is 19.0. The summed E-state index contributed by atoms with van der Waals surface area (Å²) in [5.74, 6) is 2.16. The quantitative estimate of drug-likeness (QED) is 0.562. The number of rotatable bonds is 6. The summed E-state index contributed by atoms with van der Waals surface area (Å²) in [6.45, 7) is 9.10. The minimum atomic E-state index is -0.317. The van der Waals surface area contributed by atoms with Crippen LogP contribution in [0.1, 0.15) is 38.8 Å². The van der Waals surface area contributed by atoms with E-state index in [2.05, 4.69) is 60.6 Å². The smallest absolute Gasteiger partial charge is 0.233 e. The number of benzene rings is 2. The minimum absolute atomic E-state index is 0.0632. The fourth-order valence-corrected chi connectivity index (χ4v) is 4.22. The summed E-state index contributed by atoms with van der Waals surface area (Å²) in [5.41, 5.74) is 3.33. The molecule has 0 saturated carbocycles. The van der Waals surface area contributed by atoms with Crippen LogP contribution in [0, 0.1) is 0 Å². The van der Waals surface area contributed by atoms with Gasteiger partial charge in [-0.25, -0.2) is 0 Å². The number of amides is 1. The second-order valence-electron chi connectivity index (χ2n) is 8.86. The van der Waals surface area contributed by atoms with Crippen LogP contribution < -0.4 is 14.8 Å². The zero-order valence-corrected chi connectivity index (χ0v) is 19.8. The molecule has 8 heteroatoms. The van der Waals surface area contributed by atoms with Gasteiger partial charge in [0, 0.05) is 19.2 Å². The van der Waals surface area contributed by atoms with E-state index < -0.39 is 0 Å². The Labute approximate surface area is 192 Å². The molecule has 3 aromatic rings. The summed E-state index contributed by atoms with van der Waals surface area (Å²) >= 11 is 1.39. The van der Waals surface area contributed by atoms with Gasteiger partial charge in [-0.2, -0.15) is 0 Å². The molecule has 0 bridgehead atoms. The van der Waals surface area contributed by atoms with Crippen molar-refractivity contribution in [1.82, 2.24) is 20.1 Å². The van der Waals surface area contributed by atoms with Crippen molar-refractivity contribution in [3.63, 3.8) is 0 Å². The van der Waals surface area contributed by atoms with E-state index in [1.54, 1.807) is 0 Å². The van der Waals surface area contributed by atoms with Gasteiger partial charge in [-0.1, -0.05) is 62.9 Å². The average molecular weight is 453 g/mol. The standard InChI is InChI=1S/C24H28N4O3S/c1-15(22(29)25-13-16-6-11-19-20(12-16)31-14-30-19)32-23-27-26-21(28(23)5)17-7-9-18(10-8-17)24(2,3)4/h6-12,15H,13-14H2,1-5H3,(H,25,29). The third-order valence-corrected chi connectivity index (χ3v) is 6.53. The topological polar surface area (TPSA) is 78.3 Å². The number of fused-ring (bicyclic) bond motifs is 1. The van der Waals surface area contributed by atoms with Crippen molar-refractivity contribution in [2.45, 2.75) is 50.1 Å². The van der Waals surface area contributed by atoms with Crippen molar-refractivity contribution < 1.29 is 14.3 Å². The van der Waals surface area contributed by atoms with Crippen molar-refractivity contribution in [1.29, 1.82) is 0 Å². The molecule has 1 aromatic heterocycles. The van der Waals surface area contributed by atoms with Gasteiger partial charge in [-0.15, -0.1) is 10.2 Å². The maximum Gasteiger partial charge on any atom is 0.233 e. The maximum atomic E-state index is 12.6. The summed E-state index contributed by atoms with van der Waals surface area (Å²) in [4.78, 5) is 12.6. The fourth-order valence-electron chi connectivity index (χ4n) is 3.38. The number of hydrogen-bond acceptors (Lipinski definition) is 6. The van der Waals surface area contributed by atoms with Crippen LogP contribution >= 0.6 is 11.8 Å². The summed E-state index contributed by atoms with van der Waals surface area (Å²) in [6.07, 6.45) is 0. The lowest BCUT2D eigenvalue weighted by atomic mass is 9.87. The molecule has 0 saturated heterocycles. The maximum absolute atomic E-state index is 12.6. The highest BCUT2D eigenvalue weighted by Crippen LogP contribution is 2.32. The van der Waals surface area contributed by atoms with Crippen LogP contribution in [0.4, 0.5) is 0 Å². The third-order valence-electron chi connectivity index (χ3n) is 5.40. The van der Waals surface area contributed by atoms with Crippen LogP contribution in [0.5, 0.6) is 11.5 Å². The van der Waals surface area contributed by atoms with E-state index in [1.807, 2.05) is 36.7 Å². The van der Waals surface area contributed by atoms with Crippen LogP contribution in [-0.4, -0.2) is 32.7 Å². The Balaban J connectivity index is 1.37. The molecule has 1 unspecified atom stereocenters. The largest absolute Gasteiger partial charge is 0.454 e. The molecular formula is C24H28N4O3S. The molecule has 0 radical (unpaired) electrons. The highest BCUT2D eigenvalue weighted by molar-refractivity contribution is 8.00. The van der Waals surface area contributed by atoms with Gasteiger partial charge in [0.1, 0.15) is 0 Å². The highest BCUT2D eigenvalue weighted by Gasteiger charge is 2.20. The Morgan fingerprint density at radius 2 is 1.84 bits per heavy atom. The molecule has 0 aliphatic carbocycles. The lowest BCUT2D eigenvalue weighted by Gasteiger charge is -2.19. The van der Waals surface area contributed by atoms with E-state index in [-0.39, 0.29) is 23.4 Å². The van der Waals surface area contributed by atoms with E-state index in [0.717, 1.165) is 22.7 Å². The first-order valence-electron chi connectivity index (χ1n) is 10.6. The van der Waals surface area contributed by atoms with Gasteiger partial charge in [-0.05, 0) is 35.6 Å². The predicted molar refractivity (Wildman–Crippen MR) is 125 cm³/mol. The lowest BCUT2D eigenvalue weighted by Crippen LogP contribution is -2.30. The average Bonchev–Trinajstić information content (AvgIpc) is 3.37. The zero-order chi connectivity index (χ0) is 22.9. The van der Waals surface area contributed by atoms with Gasteiger partial charge in [0.05, 0.1) is 5.25 Å². The Bertz CT molecular complexity index is 1120. The van der Waals surface area contributed by atoms with Crippen molar-refractivity contribution >= 4 is 17.7 Å². The van der Waals surface area contributed by atoms with Crippen LogP contribution in [0.3, 0.4) is 0 Å². The van der Waals surface area contributed by atoms with Crippen LogP contribution in [-0.2, 0) is 23.8 Å². The van der Waals surface area contributed by atoms with Gasteiger partial charge >= 0.3 is 0 Å². The summed E-state index contributed by atoms with van der Waals surface area (Å²) in [5, 5.41) is 12.0. The van der Waals surface area contributed by atoms with Gasteiger partial charge in [0.2, 0.25) is 12.7 Å². The first kappa shape index (κ1) is 22.2. The van der Waals surface area contributed by atoms with Crippen molar-refractivity contribution in [3.8, 4) is 22.9 Å². The van der Waals surface area contributed by atoms with E-state index in [4.69, 9.17) is 9.47 Å². The molecule has 2 aromatic carbocycles. The number of aromatic nitrogens is 3. The number of carbonyl (C=O) groups is 1. The van der Waals surface area contributed by atoms with E-state index in [0.29, 0.717) is 17.5 Å². The SMILES string of the molecule is CC(Sc1nnc(-c2ccc(C(C)(C)C)cc2)n1C)C(=O)NCc1ccc2c(c1)OCO2. The molecule has 1 amide bonds. The normalized spacial score (nSPS) is 13.8. The molecule has 1 aliphatic heterocycles. The number of ether oxygens (including phenoxy) is 2. The van der Waals surface area contributed by atoms with Gasteiger partial charge in [-0.3, -0.25) is 4.79 Å². The molecule has 2 heterocycles. The third kappa shape index (κ3) is 4.75. The monoisotopic (exact) mass is 452 g/mol. The van der Waals surface area contributed by atoms with Crippen molar-refractivity contribution in [3.05, 3.63) is 53.6 Å². The minimum Gasteiger partial charge on any atom is -0.454 e. The molecule has 1 aliphatic rings. The second kappa shape index (κ2) is 8.86. The van der Waals surface area contributed by atoms with E-state index in [1.165, 1.54) is 17.3 Å². The molecule has 1 atom stereocenters. The number of nitrogens with zero attached hydrogens (tertiary/aromatic N) is 3. The Hall–Kier alpha value is -3.00. The first-order valence-corrected chi connectivity index (χ1v) is 11.4. The fraction of sp³-hybridized carbons (Fsp3) is 0.375. The van der Waals surface area contributed by atoms with Crippen LogP contribution in [0.25, 0.3) is 11.4 Å². The molecular weight excluding hydrogens is 424 g/mol. The lowest BCUT2D eigenvalue weighted by molar-refractivity contribution is -0.120. The first-order chi connectivity index (χ1) is 15.2.